The first-order valence-electron chi connectivity index (χ1n) is 9.13. The maximum absolute atomic E-state index is 13.3. The number of hydrogen-bond acceptors (Lipinski definition) is 4. The Morgan fingerprint density at radius 1 is 1.07 bits per heavy atom. The summed E-state index contributed by atoms with van der Waals surface area (Å²) in [5.41, 5.74) is 2.93. The predicted octanol–water partition coefficient (Wildman–Crippen LogP) is 5.03. The minimum atomic E-state index is -0.384. The molecule has 2 aromatic carbocycles. The molecule has 1 aliphatic rings. The lowest BCUT2D eigenvalue weighted by Crippen LogP contribution is -2.31. The van der Waals surface area contributed by atoms with Gasteiger partial charge < -0.3 is 5.32 Å². The summed E-state index contributed by atoms with van der Waals surface area (Å²) in [5, 5.41) is 3.31. The molecule has 29 heavy (non-hydrogen) atoms. The molecule has 0 bridgehead atoms. The second kappa shape index (κ2) is 8.43. The fourth-order valence-electron chi connectivity index (χ4n) is 2.99. The number of imide groups is 1. The molecule has 0 atom stereocenters. The highest BCUT2D eigenvalue weighted by molar-refractivity contribution is 8.04. The maximum Gasteiger partial charge on any atom is 0.272 e. The molecule has 0 radical (unpaired) electrons. The minimum absolute atomic E-state index is 0.122. The van der Waals surface area contributed by atoms with Crippen LogP contribution in [0.15, 0.2) is 47.4 Å². The quantitative estimate of drug-likeness (QED) is 0.678. The van der Waals surface area contributed by atoms with Gasteiger partial charge in [0.15, 0.2) is 0 Å². The average molecular weight is 429 g/mol. The normalized spacial score (nSPS) is 14.2. The maximum atomic E-state index is 13.3. The van der Waals surface area contributed by atoms with Crippen LogP contribution in [-0.4, -0.2) is 23.0 Å². The van der Waals surface area contributed by atoms with Crippen LogP contribution in [0.25, 0.3) is 5.57 Å². The predicted molar refractivity (Wildman–Crippen MR) is 119 cm³/mol. The first-order valence-corrected chi connectivity index (χ1v) is 10.4. The number of nitrogens with zero attached hydrogens (tertiary/aromatic N) is 1. The van der Waals surface area contributed by atoms with Crippen molar-refractivity contribution in [3.63, 3.8) is 0 Å². The van der Waals surface area contributed by atoms with Crippen LogP contribution in [0.2, 0.25) is 5.02 Å². The summed E-state index contributed by atoms with van der Waals surface area (Å²) < 4.78 is 0. The van der Waals surface area contributed by atoms with Gasteiger partial charge in [-0.05, 0) is 42.3 Å². The summed E-state index contributed by atoms with van der Waals surface area (Å²) in [7, 11) is 0. The number of rotatable bonds is 5. The Hall–Kier alpha value is -2.57. The van der Waals surface area contributed by atoms with Gasteiger partial charge in [0, 0.05) is 22.9 Å². The van der Waals surface area contributed by atoms with Gasteiger partial charge in [0.05, 0.1) is 16.2 Å². The zero-order valence-corrected chi connectivity index (χ0v) is 18.1. The highest BCUT2D eigenvalue weighted by Gasteiger charge is 2.40. The molecule has 0 aromatic heterocycles. The molecule has 0 saturated carbocycles. The number of nitrogens with one attached hydrogen (secondary N) is 1. The van der Waals surface area contributed by atoms with Crippen LogP contribution < -0.4 is 10.2 Å². The van der Waals surface area contributed by atoms with Crippen LogP contribution in [-0.2, 0) is 14.4 Å². The third-order valence-electron chi connectivity index (χ3n) is 4.30. The zero-order chi connectivity index (χ0) is 21.3. The first kappa shape index (κ1) is 21.1. The van der Waals surface area contributed by atoms with Gasteiger partial charge in [0.25, 0.3) is 11.8 Å². The summed E-state index contributed by atoms with van der Waals surface area (Å²) in [5.74, 6) is -0.914. The fourth-order valence-corrected chi connectivity index (χ4v) is 4.15. The standard InChI is InChI=1S/C22H21ClN2O3S/c1-12(2)29-20-19(15-6-8-16(9-7-15)24-14(4)26)21(27)25(22(20)28)17-10-5-13(3)18(23)11-17/h5-12H,1-4H3,(H,24,26). The van der Waals surface area contributed by atoms with E-state index >= 15 is 0 Å². The number of carbonyl (C=O) groups excluding carboxylic acids is 3. The third-order valence-corrected chi connectivity index (χ3v) is 5.80. The summed E-state index contributed by atoms with van der Waals surface area (Å²) in [6.45, 7) is 7.23. The van der Waals surface area contributed by atoms with Crippen LogP contribution in [0.4, 0.5) is 11.4 Å². The molecule has 1 heterocycles. The molecular formula is C22H21ClN2O3S. The van der Waals surface area contributed by atoms with Gasteiger partial charge in [-0.15, -0.1) is 11.8 Å². The van der Waals surface area contributed by atoms with E-state index in [1.807, 2.05) is 20.8 Å². The Morgan fingerprint density at radius 2 is 1.72 bits per heavy atom. The van der Waals surface area contributed by atoms with Gasteiger partial charge in [-0.25, -0.2) is 4.90 Å². The molecule has 0 spiro atoms. The number of hydrogen-bond donors (Lipinski definition) is 1. The van der Waals surface area contributed by atoms with Crippen molar-refractivity contribution in [2.24, 2.45) is 0 Å². The molecule has 5 nitrogen and oxygen atoms in total. The Labute approximate surface area is 179 Å². The Balaban J connectivity index is 2.05. The molecule has 3 rings (SSSR count). The number of thioether (sulfide) groups is 1. The van der Waals surface area contributed by atoms with E-state index in [9.17, 15) is 14.4 Å². The molecule has 1 N–H and O–H groups in total. The van der Waals surface area contributed by atoms with E-state index in [1.165, 1.54) is 23.6 Å². The summed E-state index contributed by atoms with van der Waals surface area (Å²) >= 11 is 7.58. The lowest BCUT2D eigenvalue weighted by Gasteiger charge is -2.16. The number of amides is 3. The molecule has 0 aliphatic carbocycles. The molecule has 0 saturated heterocycles. The van der Waals surface area contributed by atoms with Crippen molar-refractivity contribution in [2.45, 2.75) is 32.9 Å². The number of benzene rings is 2. The Bertz CT molecular complexity index is 1030. The number of anilines is 2. The number of carbonyl (C=O) groups is 3. The van der Waals surface area contributed by atoms with Gasteiger partial charge in [-0.3, -0.25) is 14.4 Å². The van der Waals surface area contributed by atoms with E-state index in [4.69, 9.17) is 11.6 Å². The number of aryl methyl sites for hydroxylation is 1. The van der Waals surface area contributed by atoms with E-state index in [1.54, 1.807) is 42.5 Å². The Morgan fingerprint density at radius 3 is 2.28 bits per heavy atom. The fraction of sp³-hybridized carbons (Fsp3) is 0.227. The molecule has 0 unspecified atom stereocenters. The second-order valence-corrected chi connectivity index (χ2v) is 9.00. The molecule has 2 aromatic rings. The number of halogens is 1. The average Bonchev–Trinajstić information content (AvgIpc) is 2.87. The SMILES string of the molecule is CC(=O)Nc1ccc(C2=C(SC(C)C)C(=O)N(c3ccc(C)c(Cl)c3)C2=O)cc1. The van der Waals surface area contributed by atoms with Crippen molar-refractivity contribution in [2.75, 3.05) is 10.2 Å². The van der Waals surface area contributed by atoms with Gasteiger partial charge in [-0.1, -0.05) is 43.6 Å². The van der Waals surface area contributed by atoms with E-state index in [2.05, 4.69) is 5.32 Å². The first-order chi connectivity index (χ1) is 13.7. The van der Waals surface area contributed by atoms with E-state index < -0.39 is 0 Å². The molecule has 1 aliphatic heterocycles. The topological polar surface area (TPSA) is 66.5 Å². The van der Waals surface area contributed by atoms with Crippen molar-refractivity contribution in [1.29, 1.82) is 0 Å². The summed E-state index contributed by atoms with van der Waals surface area (Å²) in [6, 6.07) is 12.0. The summed E-state index contributed by atoms with van der Waals surface area (Å²) in [6.07, 6.45) is 0. The smallest absolute Gasteiger partial charge is 0.272 e. The zero-order valence-electron chi connectivity index (χ0n) is 16.6. The van der Waals surface area contributed by atoms with Crippen LogP contribution in [0.1, 0.15) is 31.9 Å². The summed E-state index contributed by atoms with van der Waals surface area (Å²) in [4.78, 5) is 39.3. The lowest BCUT2D eigenvalue weighted by molar-refractivity contribution is -0.120. The van der Waals surface area contributed by atoms with Crippen LogP contribution in [0.3, 0.4) is 0 Å². The second-order valence-electron chi connectivity index (χ2n) is 7.01. The third kappa shape index (κ3) is 4.38. The van der Waals surface area contributed by atoms with Gasteiger partial charge in [0.2, 0.25) is 5.91 Å². The van der Waals surface area contributed by atoms with E-state index in [0.717, 1.165) is 5.56 Å². The Kier molecular flexibility index (Phi) is 6.15. The lowest BCUT2D eigenvalue weighted by atomic mass is 10.1. The highest BCUT2D eigenvalue weighted by atomic mass is 35.5. The largest absolute Gasteiger partial charge is 0.326 e. The minimum Gasteiger partial charge on any atom is -0.326 e. The van der Waals surface area contributed by atoms with Crippen molar-refractivity contribution in [3.8, 4) is 0 Å². The van der Waals surface area contributed by atoms with E-state index in [-0.39, 0.29) is 23.0 Å². The van der Waals surface area contributed by atoms with E-state index in [0.29, 0.717) is 32.4 Å². The van der Waals surface area contributed by atoms with Crippen molar-refractivity contribution in [3.05, 3.63) is 63.5 Å². The monoisotopic (exact) mass is 428 g/mol. The molecule has 3 amide bonds. The van der Waals surface area contributed by atoms with Crippen LogP contribution in [0.5, 0.6) is 0 Å². The van der Waals surface area contributed by atoms with Crippen LogP contribution in [0, 0.1) is 6.92 Å². The van der Waals surface area contributed by atoms with Crippen molar-refractivity contribution >= 4 is 58.0 Å². The van der Waals surface area contributed by atoms with Gasteiger partial charge in [0.1, 0.15) is 0 Å². The molecule has 7 heteroatoms. The van der Waals surface area contributed by atoms with Gasteiger partial charge >= 0.3 is 0 Å². The van der Waals surface area contributed by atoms with Crippen LogP contribution >= 0.6 is 23.4 Å². The molecule has 150 valence electrons. The van der Waals surface area contributed by atoms with Gasteiger partial charge in [-0.2, -0.15) is 0 Å². The molecule has 0 fully saturated rings. The van der Waals surface area contributed by atoms with Crippen molar-refractivity contribution < 1.29 is 14.4 Å². The van der Waals surface area contributed by atoms with Crippen molar-refractivity contribution in [1.82, 2.24) is 0 Å². The molecular weight excluding hydrogens is 408 g/mol. The highest BCUT2D eigenvalue weighted by Crippen LogP contribution is 2.40.